The van der Waals surface area contributed by atoms with Gasteiger partial charge >= 0.3 is 5.69 Å². The van der Waals surface area contributed by atoms with Crippen LogP contribution in [0.25, 0.3) is 11.0 Å². The Hall–Kier alpha value is -1.69. The number of alkyl halides is 2. The van der Waals surface area contributed by atoms with Crippen molar-refractivity contribution in [3.05, 3.63) is 34.2 Å². The van der Waals surface area contributed by atoms with Crippen LogP contribution in [0.2, 0.25) is 0 Å². The number of nitrogens with one attached hydrogen (secondary N) is 3. The van der Waals surface area contributed by atoms with Crippen LogP contribution in [0, 0.1) is 0 Å². The average molecular weight is 241 g/mol. The van der Waals surface area contributed by atoms with Gasteiger partial charge in [0.1, 0.15) is 0 Å². The summed E-state index contributed by atoms with van der Waals surface area (Å²) in [6.45, 7) is 0.231. The summed E-state index contributed by atoms with van der Waals surface area (Å²) in [7, 11) is 1.63. The maximum atomic E-state index is 13.7. The molecule has 0 fully saturated rings. The van der Waals surface area contributed by atoms with E-state index in [-0.39, 0.29) is 18.5 Å². The Morgan fingerprint density at radius 2 is 2.00 bits per heavy atom. The predicted octanol–water partition coefficient (Wildman–Crippen LogP) is 1.56. The molecule has 4 nitrogen and oxygen atoms in total. The molecule has 0 aliphatic carbocycles. The zero-order valence-corrected chi connectivity index (χ0v) is 9.31. The smallest absolute Gasteiger partial charge is 0.320 e. The van der Waals surface area contributed by atoms with Crippen molar-refractivity contribution >= 4 is 11.0 Å². The van der Waals surface area contributed by atoms with Gasteiger partial charge in [-0.2, -0.15) is 0 Å². The highest BCUT2D eigenvalue weighted by Crippen LogP contribution is 2.32. The normalized spacial score (nSPS) is 12.2. The Labute approximate surface area is 96.0 Å². The lowest BCUT2D eigenvalue weighted by molar-refractivity contribution is -0.0122. The quantitative estimate of drug-likeness (QED) is 0.760. The third kappa shape index (κ3) is 2.36. The standard InChI is InChI=1S/C11H13F2N3O/c1-14-5-4-11(12,13)7-2-3-8-9(6-7)16-10(17)15-8/h2-3,6,14H,4-5H2,1H3,(H2,15,16,17). The van der Waals surface area contributed by atoms with Gasteiger partial charge in [-0.05, 0) is 19.2 Å². The summed E-state index contributed by atoms with van der Waals surface area (Å²) in [6.07, 6.45) is -0.274. The number of aromatic nitrogens is 2. The molecule has 2 rings (SSSR count). The van der Waals surface area contributed by atoms with E-state index in [9.17, 15) is 13.6 Å². The van der Waals surface area contributed by atoms with Crippen LogP contribution < -0.4 is 11.0 Å². The summed E-state index contributed by atoms with van der Waals surface area (Å²) in [6, 6.07) is 4.13. The molecule has 1 aromatic heterocycles. The number of halogens is 2. The van der Waals surface area contributed by atoms with E-state index >= 15 is 0 Å². The monoisotopic (exact) mass is 241 g/mol. The van der Waals surface area contributed by atoms with E-state index in [2.05, 4.69) is 15.3 Å². The fraction of sp³-hybridized carbons (Fsp3) is 0.364. The van der Waals surface area contributed by atoms with Gasteiger partial charge in [0, 0.05) is 18.5 Å². The Morgan fingerprint density at radius 1 is 1.29 bits per heavy atom. The van der Waals surface area contributed by atoms with E-state index < -0.39 is 11.6 Å². The molecule has 0 aliphatic rings. The number of H-pyrrole nitrogens is 2. The van der Waals surface area contributed by atoms with Crippen molar-refractivity contribution in [1.29, 1.82) is 0 Å². The summed E-state index contributed by atoms with van der Waals surface area (Å²) in [5.74, 6) is -2.90. The second kappa shape index (κ2) is 4.29. The summed E-state index contributed by atoms with van der Waals surface area (Å²) in [5.41, 5.74) is 0.450. The Morgan fingerprint density at radius 3 is 2.71 bits per heavy atom. The zero-order valence-electron chi connectivity index (χ0n) is 9.31. The lowest BCUT2D eigenvalue weighted by atomic mass is 10.0. The van der Waals surface area contributed by atoms with Gasteiger partial charge in [-0.3, -0.25) is 0 Å². The molecule has 0 bridgehead atoms. The second-order valence-electron chi connectivity index (χ2n) is 3.90. The van der Waals surface area contributed by atoms with Gasteiger partial charge in [0.15, 0.2) is 0 Å². The molecule has 2 aromatic rings. The van der Waals surface area contributed by atoms with Crippen molar-refractivity contribution in [3.63, 3.8) is 0 Å². The van der Waals surface area contributed by atoms with E-state index in [1.807, 2.05) is 0 Å². The van der Waals surface area contributed by atoms with Crippen molar-refractivity contribution in [2.24, 2.45) is 0 Å². The molecular formula is C11H13F2N3O. The largest absolute Gasteiger partial charge is 0.323 e. The first-order valence-corrected chi connectivity index (χ1v) is 5.28. The Kier molecular flexibility index (Phi) is 2.97. The number of rotatable bonds is 4. The summed E-state index contributed by atoms with van der Waals surface area (Å²) in [5, 5.41) is 2.69. The van der Waals surface area contributed by atoms with Crippen molar-refractivity contribution in [1.82, 2.24) is 15.3 Å². The molecule has 17 heavy (non-hydrogen) atoms. The SMILES string of the molecule is CNCCC(F)(F)c1ccc2[nH]c(=O)[nH]c2c1. The molecule has 92 valence electrons. The molecule has 0 atom stereocenters. The van der Waals surface area contributed by atoms with Crippen molar-refractivity contribution in [2.75, 3.05) is 13.6 Å². The molecule has 0 aliphatic heterocycles. The molecule has 0 radical (unpaired) electrons. The van der Waals surface area contributed by atoms with Crippen LogP contribution in [0.15, 0.2) is 23.0 Å². The highest BCUT2D eigenvalue weighted by Gasteiger charge is 2.30. The molecule has 6 heteroatoms. The molecule has 0 saturated heterocycles. The highest BCUT2D eigenvalue weighted by atomic mass is 19.3. The van der Waals surface area contributed by atoms with Crippen LogP contribution in [-0.4, -0.2) is 23.6 Å². The van der Waals surface area contributed by atoms with Gasteiger partial charge in [-0.15, -0.1) is 0 Å². The average Bonchev–Trinajstić information content (AvgIpc) is 2.65. The minimum absolute atomic E-state index is 0.0875. The summed E-state index contributed by atoms with van der Waals surface area (Å²) in [4.78, 5) is 16.0. The number of fused-ring (bicyclic) bond motifs is 1. The van der Waals surface area contributed by atoms with Crippen molar-refractivity contribution in [3.8, 4) is 0 Å². The number of benzene rings is 1. The van der Waals surface area contributed by atoms with E-state index in [0.29, 0.717) is 11.0 Å². The fourth-order valence-electron chi connectivity index (χ4n) is 1.69. The molecule has 1 heterocycles. The van der Waals surface area contributed by atoms with Gasteiger partial charge in [0.2, 0.25) is 0 Å². The second-order valence-corrected chi connectivity index (χ2v) is 3.90. The van der Waals surface area contributed by atoms with Crippen LogP contribution in [0.1, 0.15) is 12.0 Å². The first-order valence-electron chi connectivity index (χ1n) is 5.28. The predicted molar refractivity (Wildman–Crippen MR) is 61.4 cm³/mol. The number of hydrogen-bond acceptors (Lipinski definition) is 2. The molecule has 0 amide bonds. The maximum Gasteiger partial charge on any atom is 0.323 e. The molecule has 1 aromatic carbocycles. The lowest BCUT2D eigenvalue weighted by Crippen LogP contribution is -2.20. The topological polar surface area (TPSA) is 60.7 Å². The van der Waals surface area contributed by atoms with Gasteiger partial charge in [0.25, 0.3) is 5.92 Å². The Balaban J connectivity index is 2.37. The van der Waals surface area contributed by atoms with E-state index in [0.717, 1.165) is 0 Å². The van der Waals surface area contributed by atoms with Crippen LogP contribution in [-0.2, 0) is 5.92 Å². The van der Waals surface area contributed by atoms with Gasteiger partial charge < -0.3 is 15.3 Å². The maximum absolute atomic E-state index is 13.7. The molecule has 0 unspecified atom stereocenters. The van der Waals surface area contributed by atoms with Crippen molar-refractivity contribution in [2.45, 2.75) is 12.3 Å². The fourth-order valence-corrected chi connectivity index (χ4v) is 1.69. The minimum atomic E-state index is -2.90. The Bertz CT molecular complexity index is 573. The van der Waals surface area contributed by atoms with Crippen LogP contribution in [0.5, 0.6) is 0 Å². The van der Waals surface area contributed by atoms with Gasteiger partial charge in [-0.25, -0.2) is 13.6 Å². The first kappa shape index (κ1) is 11.8. The first-order chi connectivity index (χ1) is 8.03. The van der Waals surface area contributed by atoms with Crippen LogP contribution in [0.4, 0.5) is 8.78 Å². The van der Waals surface area contributed by atoms with E-state index in [1.165, 1.54) is 18.2 Å². The summed E-state index contributed by atoms with van der Waals surface area (Å²) >= 11 is 0. The molecule has 0 saturated carbocycles. The number of aromatic amines is 2. The highest BCUT2D eigenvalue weighted by molar-refractivity contribution is 5.75. The summed E-state index contributed by atoms with van der Waals surface area (Å²) < 4.78 is 27.5. The molecule has 0 spiro atoms. The number of imidazole rings is 1. The third-order valence-corrected chi connectivity index (χ3v) is 2.63. The van der Waals surface area contributed by atoms with Crippen molar-refractivity contribution < 1.29 is 8.78 Å². The van der Waals surface area contributed by atoms with Crippen LogP contribution >= 0.6 is 0 Å². The van der Waals surface area contributed by atoms with E-state index in [4.69, 9.17) is 0 Å². The number of hydrogen-bond donors (Lipinski definition) is 3. The van der Waals surface area contributed by atoms with Gasteiger partial charge in [0.05, 0.1) is 11.0 Å². The van der Waals surface area contributed by atoms with Gasteiger partial charge in [-0.1, -0.05) is 6.07 Å². The zero-order chi connectivity index (χ0) is 12.5. The third-order valence-electron chi connectivity index (χ3n) is 2.63. The van der Waals surface area contributed by atoms with E-state index in [1.54, 1.807) is 7.05 Å². The van der Waals surface area contributed by atoms with Crippen LogP contribution in [0.3, 0.4) is 0 Å². The minimum Gasteiger partial charge on any atom is -0.320 e. The molecule has 3 N–H and O–H groups in total. The lowest BCUT2D eigenvalue weighted by Gasteiger charge is -2.16. The molecular weight excluding hydrogens is 228 g/mol.